The van der Waals surface area contributed by atoms with E-state index in [4.69, 9.17) is 27.6 Å². The highest BCUT2D eigenvalue weighted by atomic mass is 35.5. The third-order valence-electron chi connectivity index (χ3n) is 4.97. The third-order valence-corrected chi connectivity index (χ3v) is 7.82. The smallest absolute Gasteiger partial charge is 0.246 e. The van der Waals surface area contributed by atoms with Gasteiger partial charge in [-0.15, -0.1) is 0 Å². The Kier molecular flexibility index (Phi) is 6.75. The summed E-state index contributed by atoms with van der Waals surface area (Å²) in [7, 11) is -3.84. The van der Waals surface area contributed by atoms with E-state index >= 15 is 0 Å². The second-order valence-electron chi connectivity index (χ2n) is 6.88. The molecule has 0 saturated carbocycles. The van der Waals surface area contributed by atoms with Crippen molar-refractivity contribution in [2.75, 3.05) is 38.0 Å². The minimum atomic E-state index is -3.84. The highest BCUT2D eigenvalue weighted by Gasteiger charge is 2.32. The molecule has 0 unspecified atom stereocenters. The summed E-state index contributed by atoms with van der Waals surface area (Å²) >= 11 is 12.1. The molecule has 160 valence electrons. The first kappa shape index (κ1) is 22.6. The number of piperazine rings is 1. The summed E-state index contributed by atoms with van der Waals surface area (Å²) in [6, 6.07) is 6.57. The van der Waals surface area contributed by atoms with Gasteiger partial charge in [0, 0.05) is 31.7 Å². The van der Waals surface area contributed by atoms with Crippen LogP contribution in [0.1, 0.15) is 16.9 Å². The Bertz CT molecular complexity index is 1100. The minimum absolute atomic E-state index is 0.0460. The lowest BCUT2D eigenvalue weighted by molar-refractivity contribution is -0.117. The molecule has 2 aromatic rings. The molecule has 1 N–H and O–H groups in total. The Hall–Kier alpha value is -2.09. The summed E-state index contributed by atoms with van der Waals surface area (Å²) < 4.78 is 32.6. The van der Waals surface area contributed by atoms with Crippen molar-refractivity contribution in [2.45, 2.75) is 18.7 Å². The van der Waals surface area contributed by atoms with Crippen molar-refractivity contribution in [1.29, 1.82) is 5.26 Å². The molecule has 3 rings (SSSR count). The molecule has 0 aliphatic carbocycles. The monoisotopic (exact) mass is 470 g/mol. The molecule has 2 heterocycles. The minimum Gasteiger partial charge on any atom is -0.444 e. The van der Waals surface area contributed by atoms with Crippen LogP contribution in [0.4, 0.5) is 5.88 Å². The molecule has 0 bridgehead atoms. The zero-order chi connectivity index (χ0) is 22.1. The fraction of sp³-hybridized carbons (Fsp3) is 0.368. The van der Waals surface area contributed by atoms with Crippen LogP contribution >= 0.6 is 23.2 Å². The molecule has 1 aliphatic heterocycles. The lowest BCUT2D eigenvalue weighted by Gasteiger charge is -2.33. The number of hydrogen-bond donors (Lipinski definition) is 1. The van der Waals surface area contributed by atoms with Crippen molar-refractivity contribution in [3.8, 4) is 6.07 Å². The van der Waals surface area contributed by atoms with E-state index in [1.165, 1.54) is 16.4 Å². The number of aryl methyl sites for hydroxylation is 1. The number of amides is 1. The van der Waals surface area contributed by atoms with Crippen LogP contribution in [0.3, 0.4) is 0 Å². The Balaban J connectivity index is 1.62. The first-order valence-electron chi connectivity index (χ1n) is 9.11. The van der Waals surface area contributed by atoms with Gasteiger partial charge in [0.05, 0.1) is 16.6 Å². The van der Waals surface area contributed by atoms with Crippen LogP contribution in [-0.4, -0.2) is 56.3 Å². The van der Waals surface area contributed by atoms with Crippen molar-refractivity contribution in [2.24, 2.45) is 0 Å². The van der Waals surface area contributed by atoms with E-state index in [9.17, 15) is 18.5 Å². The fourth-order valence-corrected chi connectivity index (χ4v) is 5.72. The number of hydrogen-bond acceptors (Lipinski definition) is 6. The van der Waals surface area contributed by atoms with E-state index in [0.29, 0.717) is 30.0 Å². The van der Waals surface area contributed by atoms with Crippen LogP contribution in [0.15, 0.2) is 27.5 Å². The zero-order valence-corrected chi connectivity index (χ0v) is 18.7. The van der Waals surface area contributed by atoms with E-state index in [0.717, 1.165) is 0 Å². The van der Waals surface area contributed by atoms with Crippen molar-refractivity contribution in [3.63, 3.8) is 0 Å². The van der Waals surface area contributed by atoms with Crippen LogP contribution in [0.5, 0.6) is 0 Å². The van der Waals surface area contributed by atoms with Crippen molar-refractivity contribution >= 4 is 45.0 Å². The first-order valence-corrected chi connectivity index (χ1v) is 11.3. The molecule has 30 heavy (non-hydrogen) atoms. The summed E-state index contributed by atoms with van der Waals surface area (Å²) in [4.78, 5) is 14.1. The maximum atomic E-state index is 12.9. The number of benzene rings is 1. The van der Waals surface area contributed by atoms with Gasteiger partial charge in [-0.25, -0.2) is 8.42 Å². The highest BCUT2D eigenvalue weighted by Crippen LogP contribution is 2.32. The molecule has 1 saturated heterocycles. The summed E-state index contributed by atoms with van der Waals surface area (Å²) in [5.74, 6) is 0.358. The molecule has 1 fully saturated rings. The summed E-state index contributed by atoms with van der Waals surface area (Å²) in [6.07, 6.45) is 0. The first-order chi connectivity index (χ1) is 14.1. The average molecular weight is 471 g/mol. The lowest BCUT2D eigenvalue weighted by Crippen LogP contribution is -2.50. The van der Waals surface area contributed by atoms with E-state index in [-0.39, 0.29) is 46.4 Å². The van der Waals surface area contributed by atoms with Gasteiger partial charge in [-0.05, 0) is 26.0 Å². The molecule has 0 atom stereocenters. The Morgan fingerprint density at radius 2 is 1.80 bits per heavy atom. The number of nitrogens with zero attached hydrogens (tertiary/aromatic N) is 3. The van der Waals surface area contributed by atoms with Gasteiger partial charge in [-0.1, -0.05) is 29.3 Å². The van der Waals surface area contributed by atoms with Gasteiger partial charge in [0.1, 0.15) is 22.3 Å². The number of furan rings is 1. The third kappa shape index (κ3) is 4.48. The second-order valence-corrected chi connectivity index (χ2v) is 9.57. The quantitative estimate of drug-likeness (QED) is 0.719. The zero-order valence-electron chi connectivity index (χ0n) is 16.4. The molecule has 0 radical (unpaired) electrons. The van der Waals surface area contributed by atoms with Crippen LogP contribution in [0.25, 0.3) is 0 Å². The molecule has 11 heteroatoms. The van der Waals surface area contributed by atoms with E-state index in [2.05, 4.69) is 5.32 Å². The fourth-order valence-electron chi connectivity index (χ4n) is 3.20. The maximum absolute atomic E-state index is 12.9. The largest absolute Gasteiger partial charge is 0.444 e. The van der Waals surface area contributed by atoms with Gasteiger partial charge < -0.3 is 4.42 Å². The topological polar surface area (TPSA) is 107 Å². The van der Waals surface area contributed by atoms with Crippen molar-refractivity contribution in [1.82, 2.24) is 9.21 Å². The van der Waals surface area contributed by atoms with Gasteiger partial charge in [0.2, 0.25) is 21.8 Å². The van der Waals surface area contributed by atoms with Crippen LogP contribution in [0.2, 0.25) is 10.0 Å². The number of carbonyl (C=O) groups excluding carboxylic acids is 1. The lowest BCUT2D eigenvalue weighted by atomic mass is 10.2. The summed E-state index contributed by atoms with van der Waals surface area (Å²) in [5.41, 5.74) is 0.984. The number of nitrogens with one attached hydrogen (secondary N) is 1. The Morgan fingerprint density at radius 3 is 2.37 bits per heavy atom. The average Bonchev–Trinajstić information content (AvgIpc) is 2.94. The SMILES string of the molecule is Cc1oc(NC(=O)CN2CCN(S(=O)(=O)c3c(Cl)cccc3Cl)CC2)c(C#N)c1C. The predicted molar refractivity (Wildman–Crippen MR) is 113 cm³/mol. The van der Waals surface area contributed by atoms with Crippen LogP contribution in [-0.2, 0) is 14.8 Å². The van der Waals surface area contributed by atoms with Crippen LogP contribution in [0, 0.1) is 25.2 Å². The number of anilines is 1. The predicted octanol–water partition coefficient (Wildman–Crippen LogP) is 3.02. The van der Waals surface area contributed by atoms with Gasteiger partial charge in [-0.3, -0.25) is 15.0 Å². The van der Waals surface area contributed by atoms with E-state index in [1.54, 1.807) is 19.9 Å². The summed E-state index contributed by atoms with van der Waals surface area (Å²) in [6.45, 7) is 4.62. The Morgan fingerprint density at radius 1 is 1.20 bits per heavy atom. The number of rotatable bonds is 5. The number of carbonyl (C=O) groups is 1. The van der Waals surface area contributed by atoms with Gasteiger partial charge in [-0.2, -0.15) is 9.57 Å². The molecule has 8 nitrogen and oxygen atoms in total. The van der Waals surface area contributed by atoms with E-state index in [1.807, 2.05) is 11.0 Å². The van der Waals surface area contributed by atoms with Gasteiger partial charge >= 0.3 is 0 Å². The van der Waals surface area contributed by atoms with Crippen molar-refractivity contribution in [3.05, 3.63) is 45.1 Å². The van der Waals surface area contributed by atoms with Gasteiger partial charge in [0.15, 0.2) is 0 Å². The van der Waals surface area contributed by atoms with Crippen molar-refractivity contribution < 1.29 is 17.6 Å². The number of halogens is 2. The Labute approximate surface area is 185 Å². The molecule has 1 aromatic carbocycles. The molecule has 1 aliphatic rings. The number of sulfonamides is 1. The molecule has 0 spiro atoms. The molecular weight excluding hydrogens is 451 g/mol. The molecular formula is C19H20Cl2N4O4S. The molecule has 1 aromatic heterocycles. The normalized spacial score (nSPS) is 15.7. The second kappa shape index (κ2) is 8.96. The molecule has 1 amide bonds. The van der Waals surface area contributed by atoms with E-state index < -0.39 is 10.0 Å². The highest BCUT2D eigenvalue weighted by molar-refractivity contribution is 7.89. The maximum Gasteiger partial charge on any atom is 0.246 e. The van der Waals surface area contributed by atoms with Crippen LogP contribution < -0.4 is 5.32 Å². The summed E-state index contributed by atoms with van der Waals surface area (Å²) in [5, 5.41) is 12.0. The standard InChI is InChI=1S/C19H20Cl2N4O4S/c1-12-13(2)29-19(14(12)10-22)23-17(26)11-24-6-8-25(9-7-24)30(27,28)18-15(20)4-3-5-16(18)21/h3-5H,6-9,11H2,1-2H3,(H,23,26). The number of nitriles is 1. The van der Waals surface area contributed by atoms with Gasteiger partial charge in [0.25, 0.3) is 0 Å².